The fourth-order valence-corrected chi connectivity index (χ4v) is 3.51. The quantitative estimate of drug-likeness (QED) is 0.610. The van der Waals surface area contributed by atoms with Gasteiger partial charge in [-0.15, -0.1) is 0 Å². The number of nitrogens with zero attached hydrogens (tertiary/aromatic N) is 2. The third-order valence-electron chi connectivity index (χ3n) is 4.83. The van der Waals surface area contributed by atoms with Crippen LogP contribution < -0.4 is 16.0 Å². The predicted octanol–water partition coefficient (Wildman–Crippen LogP) is 2.23. The molecule has 0 aliphatic carbocycles. The van der Waals surface area contributed by atoms with E-state index in [1.807, 2.05) is 20.8 Å². The minimum absolute atomic E-state index is 0.0398. The number of nitrogens with two attached hydrogens (primary N) is 1. The van der Waals surface area contributed by atoms with E-state index in [1.165, 1.54) is 15.9 Å². The summed E-state index contributed by atoms with van der Waals surface area (Å²) in [5.74, 6) is -2.38. The Kier molecular flexibility index (Phi) is 7.89. The molecule has 1 saturated heterocycles. The van der Waals surface area contributed by atoms with E-state index in [0.717, 1.165) is 12.1 Å². The van der Waals surface area contributed by atoms with E-state index in [2.05, 4.69) is 5.32 Å². The van der Waals surface area contributed by atoms with Crippen LogP contribution in [0.1, 0.15) is 33.3 Å². The molecule has 1 aliphatic rings. The average Bonchev–Trinajstić information content (AvgIpc) is 2.66. The van der Waals surface area contributed by atoms with Crippen molar-refractivity contribution < 1.29 is 32.3 Å². The number of amides is 3. The topological polar surface area (TPSA) is 105 Å². The second-order valence-corrected chi connectivity index (χ2v) is 8.74. The molecule has 3 amide bonds. The first kappa shape index (κ1) is 25.6. The maximum atomic E-state index is 13.8. The monoisotopic (exact) mass is 458 g/mol. The van der Waals surface area contributed by atoms with Gasteiger partial charge in [-0.1, -0.05) is 27.7 Å². The van der Waals surface area contributed by atoms with Crippen LogP contribution in [-0.2, 0) is 25.3 Å². The highest BCUT2D eigenvalue weighted by Crippen LogP contribution is 2.37. The van der Waals surface area contributed by atoms with Crippen molar-refractivity contribution in [2.24, 2.45) is 11.1 Å². The summed E-state index contributed by atoms with van der Waals surface area (Å²) in [6, 6.07) is 1.72. The number of likely N-dealkylation sites (N-methyl/N-ethyl adjacent to an activating group) is 1. The molecule has 0 aromatic heterocycles. The van der Waals surface area contributed by atoms with Crippen molar-refractivity contribution in [3.05, 3.63) is 23.8 Å². The SMILES string of the molecule is CCN(CC(C)(C)C)[C@H](C(N)=O)C(=O)Nc1ccc(N2CCOCC2=O)cc1C(F)(F)F. The molecule has 1 aromatic rings. The van der Waals surface area contributed by atoms with Crippen molar-refractivity contribution >= 4 is 29.1 Å². The van der Waals surface area contributed by atoms with Crippen LogP contribution in [0, 0.1) is 5.41 Å². The first-order chi connectivity index (χ1) is 14.7. The highest BCUT2D eigenvalue weighted by molar-refractivity contribution is 6.10. The summed E-state index contributed by atoms with van der Waals surface area (Å²) in [5, 5.41) is 2.21. The van der Waals surface area contributed by atoms with Crippen molar-refractivity contribution in [3.63, 3.8) is 0 Å². The molecule has 32 heavy (non-hydrogen) atoms. The first-order valence-corrected chi connectivity index (χ1v) is 10.2. The molecule has 0 bridgehead atoms. The third-order valence-corrected chi connectivity index (χ3v) is 4.83. The molecule has 3 N–H and O–H groups in total. The van der Waals surface area contributed by atoms with E-state index in [4.69, 9.17) is 10.5 Å². The minimum Gasteiger partial charge on any atom is -0.370 e. The van der Waals surface area contributed by atoms with E-state index in [9.17, 15) is 27.6 Å². The second kappa shape index (κ2) is 9.86. The number of benzene rings is 1. The normalized spacial score (nSPS) is 16.2. The lowest BCUT2D eigenvalue weighted by molar-refractivity contribution is -0.137. The van der Waals surface area contributed by atoms with Crippen LogP contribution in [0.4, 0.5) is 24.5 Å². The summed E-state index contributed by atoms with van der Waals surface area (Å²) in [4.78, 5) is 39.6. The summed E-state index contributed by atoms with van der Waals surface area (Å²) in [5.41, 5.74) is 3.53. The van der Waals surface area contributed by atoms with Crippen molar-refractivity contribution in [2.45, 2.75) is 39.9 Å². The van der Waals surface area contributed by atoms with E-state index in [0.29, 0.717) is 13.1 Å². The van der Waals surface area contributed by atoms with Gasteiger partial charge in [-0.2, -0.15) is 13.2 Å². The molecule has 0 unspecified atom stereocenters. The number of rotatable bonds is 7. The number of anilines is 2. The molecule has 0 radical (unpaired) electrons. The lowest BCUT2D eigenvalue weighted by Gasteiger charge is -2.33. The summed E-state index contributed by atoms with van der Waals surface area (Å²) >= 11 is 0. The Morgan fingerprint density at radius 1 is 1.28 bits per heavy atom. The van der Waals surface area contributed by atoms with Gasteiger partial charge in [0, 0.05) is 18.8 Å². The van der Waals surface area contributed by atoms with Gasteiger partial charge in [0.15, 0.2) is 6.04 Å². The van der Waals surface area contributed by atoms with E-state index in [-0.39, 0.29) is 30.9 Å². The van der Waals surface area contributed by atoms with Crippen molar-refractivity contribution in [2.75, 3.05) is 43.1 Å². The lowest BCUT2D eigenvalue weighted by atomic mass is 9.95. The molecule has 8 nitrogen and oxygen atoms in total. The highest BCUT2D eigenvalue weighted by Gasteiger charge is 2.38. The Morgan fingerprint density at radius 2 is 1.94 bits per heavy atom. The molecule has 1 aromatic carbocycles. The molecule has 1 aliphatic heterocycles. The molecule has 0 spiro atoms. The van der Waals surface area contributed by atoms with Crippen LogP contribution in [0.2, 0.25) is 0 Å². The molecule has 178 valence electrons. The van der Waals surface area contributed by atoms with Crippen LogP contribution in [-0.4, -0.2) is 61.5 Å². The summed E-state index contributed by atoms with van der Waals surface area (Å²) in [7, 11) is 0. The summed E-state index contributed by atoms with van der Waals surface area (Å²) in [6.45, 7) is 8.15. The van der Waals surface area contributed by atoms with Crippen LogP contribution in [0.15, 0.2) is 18.2 Å². The van der Waals surface area contributed by atoms with Crippen LogP contribution in [0.3, 0.4) is 0 Å². The summed E-state index contributed by atoms with van der Waals surface area (Å²) in [6.07, 6.45) is -4.81. The van der Waals surface area contributed by atoms with E-state index in [1.54, 1.807) is 6.92 Å². The average molecular weight is 458 g/mol. The number of alkyl halides is 3. The number of ether oxygens (including phenoxy) is 1. The molecule has 0 saturated carbocycles. The third kappa shape index (κ3) is 6.42. The fourth-order valence-electron chi connectivity index (χ4n) is 3.51. The number of halogens is 3. The number of carbonyl (C=O) groups is 3. The Bertz CT molecular complexity index is 868. The van der Waals surface area contributed by atoms with Gasteiger partial charge in [0.1, 0.15) is 6.61 Å². The molecule has 1 atom stereocenters. The van der Waals surface area contributed by atoms with Gasteiger partial charge < -0.3 is 20.7 Å². The molecular weight excluding hydrogens is 429 g/mol. The number of hydrogen-bond acceptors (Lipinski definition) is 5. The van der Waals surface area contributed by atoms with Gasteiger partial charge >= 0.3 is 6.18 Å². The molecular formula is C21H29F3N4O4. The smallest absolute Gasteiger partial charge is 0.370 e. The van der Waals surface area contributed by atoms with Crippen molar-refractivity contribution in [3.8, 4) is 0 Å². The Hall–Kier alpha value is -2.66. The van der Waals surface area contributed by atoms with Gasteiger partial charge in [-0.3, -0.25) is 19.3 Å². The zero-order valence-electron chi connectivity index (χ0n) is 18.6. The highest BCUT2D eigenvalue weighted by atomic mass is 19.4. The molecule has 1 fully saturated rings. The van der Waals surface area contributed by atoms with Gasteiger partial charge in [-0.05, 0) is 30.2 Å². The Morgan fingerprint density at radius 3 is 2.44 bits per heavy atom. The van der Waals surface area contributed by atoms with Crippen LogP contribution in [0.5, 0.6) is 0 Å². The zero-order valence-corrected chi connectivity index (χ0v) is 18.6. The van der Waals surface area contributed by atoms with Gasteiger partial charge in [0.25, 0.3) is 11.8 Å². The first-order valence-electron chi connectivity index (χ1n) is 10.2. The molecule has 1 heterocycles. The zero-order chi connectivity index (χ0) is 24.3. The van der Waals surface area contributed by atoms with Gasteiger partial charge in [0.2, 0.25) is 5.91 Å². The van der Waals surface area contributed by atoms with E-state index < -0.39 is 41.2 Å². The lowest BCUT2D eigenvalue weighted by Crippen LogP contribution is -2.54. The van der Waals surface area contributed by atoms with Crippen LogP contribution in [0.25, 0.3) is 0 Å². The number of carbonyl (C=O) groups excluding carboxylic acids is 3. The fraction of sp³-hybridized carbons (Fsp3) is 0.571. The Balaban J connectivity index is 2.37. The summed E-state index contributed by atoms with van der Waals surface area (Å²) < 4.78 is 46.3. The standard InChI is InChI=1S/C21H29F3N4O4/c1-5-27(12-20(2,3)4)17(18(25)30)19(31)26-15-7-6-13(10-14(15)21(22,23)24)28-8-9-32-11-16(28)29/h6-7,10,17H,5,8-9,11-12H2,1-4H3,(H2,25,30)(H,26,31)/t17-/m1/s1. The number of primary amides is 1. The van der Waals surface area contributed by atoms with Gasteiger partial charge in [-0.25, -0.2) is 0 Å². The van der Waals surface area contributed by atoms with Crippen molar-refractivity contribution in [1.82, 2.24) is 4.90 Å². The Labute approximate surface area is 184 Å². The maximum Gasteiger partial charge on any atom is 0.418 e. The predicted molar refractivity (Wildman–Crippen MR) is 113 cm³/mol. The molecule has 11 heteroatoms. The number of hydrogen-bond donors (Lipinski definition) is 2. The minimum atomic E-state index is -4.81. The van der Waals surface area contributed by atoms with Crippen LogP contribution >= 0.6 is 0 Å². The van der Waals surface area contributed by atoms with E-state index >= 15 is 0 Å². The number of morpholine rings is 1. The van der Waals surface area contributed by atoms with Crippen molar-refractivity contribution in [1.29, 1.82) is 0 Å². The van der Waals surface area contributed by atoms with Gasteiger partial charge in [0.05, 0.1) is 17.9 Å². The second-order valence-electron chi connectivity index (χ2n) is 8.74. The molecule has 2 rings (SSSR count). The maximum absolute atomic E-state index is 13.8. The number of nitrogens with one attached hydrogen (secondary N) is 1. The largest absolute Gasteiger partial charge is 0.418 e.